The first kappa shape index (κ1) is 24.2. The molecule has 2 amide bonds. The van der Waals surface area contributed by atoms with Gasteiger partial charge in [0.05, 0.1) is 5.36 Å². The topological polar surface area (TPSA) is 127 Å². The lowest BCUT2D eigenvalue weighted by Gasteiger charge is -2.31. The van der Waals surface area contributed by atoms with Crippen LogP contribution in [0.15, 0.2) is 35.5 Å². The van der Waals surface area contributed by atoms with E-state index in [1.807, 2.05) is 0 Å². The second kappa shape index (κ2) is 8.14. The quantitative estimate of drug-likeness (QED) is 0.464. The lowest BCUT2D eigenvalue weighted by Crippen LogP contribution is -2.47. The van der Waals surface area contributed by atoms with E-state index in [-0.39, 0.29) is 5.36 Å². The maximum Gasteiger partial charge on any atom is 0.417 e. The molecule has 1 aromatic carbocycles. The fraction of sp³-hybridized carbons (Fsp3) is 0.350. The Morgan fingerprint density at radius 2 is 1.88 bits per heavy atom. The van der Waals surface area contributed by atoms with Crippen LogP contribution in [0.1, 0.15) is 35.8 Å². The van der Waals surface area contributed by atoms with Crippen LogP contribution in [0.5, 0.6) is 5.75 Å². The average Bonchev–Trinajstić information content (AvgIpc) is 3.00. The Balaban J connectivity index is 2.15. The first-order chi connectivity index (χ1) is 15.2. The van der Waals surface area contributed by atoms with Gasteiger partial charge in [-0.2, -0.15) is 22.3 Å². The fourth-order valence-corrected chi connectivity index (χ4v) is 3.76. The van der Waals surface area contributed by atoms with E-state index >= 15 is 0 Å². The minimum atomic E-state index is -4.97. The highest BCUT2D eigenvalue weighted by Gasteiger charge is 2.65. The lowest BCUT2D eigenvalue weighted by atomic mass is 9.77. The van der Waals surface area contributed by atoms with E-state index in [2.05, 4.69) is 4.99 Å². The molecule has 4 atom stereocenters. The van der Waals surface area contributed by atoms with Gasteiger partial charge in [0, 0.05) is 23.6 Å². The first-order valence-corrected chi connectivity index (χ1v) is 9.40. The van der Waals surface area contributed by atoms with Gasteiger partial charge in [-0.1, -0.05) is 13.0 Å². The van der Waals surface area contributed by atoms with Gasteiger partial charge in [-0.25, -0.2) is 9.38 Å². The molecule has 0 unspecified atom stereocenters. The molecule has 0 saturated carbocycles. The smallest absolute Gasteiger partial charge is 0.417 e. The molecule has 0 radical (unpaired) electrons. The molecule has 1 aliphatic heterocycles. The predicted molar refractivity (Wildman–Crippen MR) is 100.0 cm³/mol. The van der Waals surface area contributed by atoms with E-state index in [1.54, 1.807) is 0 Å². The number of hydrogen-bond acceptors (Lipinski definition) is 5. The van der Waals surface area contributed by atoms with Crippen molar-refractivity contribution in [3.05, 3.63) is 58.7 Å². The van der Waals surface area contributed by atoms with Gasteiger partial charge in [-0.15, -0.1) is 0 Å². The van der Waals surface area contributed by atoms with E-state index in [9.17, 15) is 41.9 Å². The van der Waals surface area contributed by atoms with Gasteiger partial charge in [0.2, 0.25) is 5.82 Å². The van der Waals surface area contributed by atoms with Crippen molar-refractivity contribution in [2.75, 3.05) is 0 Å². The Kier molecular flexibility index (Phi) is 5.96. The molecule has 1 aromatic heterocycles. The summed E-state index contributed by atoms with van der Waals surface area (Å²) >= 11 is 0. The number of nitrogens with two attached hydrogens (primary N) is 1. The average molecular weight is 475 g/mol. The molecule has 178 valence electrons. The number of ether oxygens (including phenoxy) is 1. The summed E-state index contributed by atoms with van der Waals surface area (Å²) in [5, 5.41) is 19.4. The van der Waals surface area contributed by atoms with Gasteiger partial charge < -0.3 is 20.8 Å². The lowest BCUT2D eigenvalue weighted by molar-refractivity contribution is -0.272. The van der Waals surface area contributed by atoms with Crippen molar-refractivity contribution in [2.24, 2.45) is 16.6 Å². The van der Waals surface area contributed by atoms with Gasteiger partial charge in [0.1, 0.15) is 11.8 Å². The molecule has 1 aliphatic rings. The summed E-state index contributed by atoms with van der Waals surface area (Å²) in [7, 11) is 0. The van der Waals surface area contributed by atoms with Crippen LogP contribution in [0.25, 0.3) is 0 Å². The number of amides is 2. The molecule has 2 aromatic rings. The minimum Gasteiger partial charge on any atom is -0.505 e. The van der Waals surface area contributed by atoms with Crippen LogP contribution < -0.4 is 11.1 Å². The standard InChI is InChI=1S/C20H18F5N3O5/c1-8-13(10-3-4-11(21)14(22)15(10)29)16(33-19(8,2)20(23,24)25)18(31)27-9-5-6-28(32)12(7-9)17(26)30/h3-8,13,16,29,32H,1-2H3,(H2,26,30)/t8-,13-,16-,19-/m0/s1. The third-order valence-electron chi connectivity index (χ3n) is 5.78. The molecule has 13 heteroatoms. The van der Waals surface area contributed by atoms with E-state index in [0.717, 1.165) is 31.3 Å². The molecule has 3 rings (SSSR count). The Morgan fingerprint density at radius 3 is 2.45 bits per heavy atom. The second-order valence-electron chi connectivity index (χ2n) is 7.69. The van der Waals surface area contributed by atoms with E-state index < -0.39 is 70.2 Å². The number of phenolic OH excluding ortho intramolecular Hbond substituents is 1. The molecule has 1 fully saturated rings. The van der Waals surface area contributed by atoms with Crippen LogP contribution >= 0.6 is 0 Å². The molecule has 4 N–H and O–H groups in total. The number of alkyl halides is 3. The number of carbonyl (C=O) groups excluding carboxylic acids is 2. The maximum atomic E-state index is 14.0. The maximum absolute atomic E-state index is 14.0. The largest absolute Gasteiger partial charge is 0.505 e. The molecule has 33 heavy (non-hydrogen) atoms. The molecular formula is C20H18F5N3O5. The number of halogens is 5. The molecule has 0 bridgehead atoms. The van der Waals surface area contributed by atoms with Crippen molar-refractivity contribution in [2.45, 2.75) is 37.6 Å². The molecule has 2 heterocycles. The number of rotatable bonds is 3. The number of benzene rings is 1. The van der Waals surface area contributed by atoms with Crippen molar-refractivity contribution in [3.8, 4) is 5.75 Å². The van der Waals surface area contributed by atoms with E-state index in [1.165, 1.54) is 0 Å². The predicted octanol–water partition coefficient (Wildman–Crippen LogP) is 2.38. The number of carbonyl (C=O) groups is 2. The Bertz CT molecular complexity index is 1200. The van der Waals surface area contributed by atoms with Crippen molar-refractivity contribution >= 4 is 11.8 Å². The highest BCUT2D eigenvalue weighted by molar-refractivity contribution is 5.91. The third-order valence-corrected chi connectivity index (χ3v) is 5.78. The monoisotopic (exact) mass is 475 g/mol. The number of primary amides is 1. The van der Waals surface area contributed by atoms with Crippen LogP contribution in [0.3, 0.4) is 0 Å². The van der Waals surface area contributed by atoms with Crippen molar-refractivity contribution in [1.82, 2.24) is 4.73 Å². The summed E-state index contributed by atoms with van der Waals surface area (Å²) in [4.78, 5) is 27.9. The van der Waals surface area contributed by atoms with Crippen molar-refractivity contribution in [3.63, 3.8) is 0 Å². The van der Waals surface area contributed by atoms with Crippen molar-refractivity contribution < 1.29 is 46.6 Å². The highest BCUT2D eigenvalue weighted by Crippen LogP contribution is 2.54. The van der Waals surface area contributed by atoms with Gasteiger partial charge in [0.25, 0.3) is 11.8 Å². The Morgan fingerprint density at radius 1 is 1.24 bits per heavy atom. The zero-order valence-corrected chi connectivity index (χ0v) is 17.1. The van der Waals surface area contributed by atoms with Crippen molar-refractivity contribution in [1.29, 1.82) is 0 Å². The summed E-state index contributed by atoms with van der Waals surface area (Å²) in [6, 6.07) is 3.44. The van der Waals surface area contributed by atoms with Crippen LogP contribution in [-0.4, -0.2) is 44.7 Å². The first-order valence-electron chi connectivity index (χ1n) is 9.40. The van der Waals surface area contributed by atoms with Gasteiger partial charge in [-0.3, -0.25) is 9.59 Å². The van der Waals surface area contributed by atoms with E-state index in [0.29, 0.717) is 17.7 Å². The molecule has 1 saturated heterocycles. The van der Waals surface area contributed by atoms with Gasteiger partial charge >= 0.3 is 6.18 Å². The number of hydrogen-bond donors (Lipinski definition) is 3. The number of phenols is 1. The Hall–Kier alpha value is -3.48. The molecule has 0 aliphatic carbocycles. The number of aromatic hydroxyl groups is 1. The number of aromatic nitrogens is 1. The van der Waals surface area contributed by atoms with Crippen LogP contribution in [-0.2, 0) is 9.53 Å². The summed E-state index contributed by atoms with van der Waals surface area (Å²) in [6.07, 6.45) is -6.01. The summed E-state index contributed by atoms with van der Waals surface area (Å²) in [5.41, 5.74) is 1.25. The summed E-state index contributed by atoms with van der Waals surface area (Å²) in [6.45, 7) is 1.78. The molecular weight excluding hydrogens is 457 g/mol. The minimum absolute atomic E-state index is 0.246. The second-order valence-corrected chi connectivity index (χ2v) is 7.69. The zero-order chi connectivity index (χ0) is 24.9. The summed E-state index contributed by atoms with van der Waals surface area (Å²) < 4.78 is 74.4. The normalized spacial score (nSPS) is 25.9. The van der Waals surface area contributed by atoms with Crippen LogP contribution in [0.2, 0.25) is 0 Å². The highest BCUT2D eigenvalue weighted by atomic mass is 19.4. The van der Waals surface area contributed by atoms with Crippen LogP contribution in [0.4, 0.5) is 22.0 Å². The van der Waals surface area contributed by atoms with Gasteiger partial charge in [0.15, 0.2) is 17.2 Å². The molecule has 0 spiro atoms. The van der Waals surface area contributed by atoms with E-state index in [4.69, 9.17) is 10.5 Å². The Labute approximate surface area is 182 Å². The zero-order valence-electron chi connectivity index (χ0n) is 17.1. The summed E-state index contributed by atoms with van der Waals surface area (Å²) in [5.74, 6) is -9.81. The fourth-order valence-electron chi connectivity index (χ4n) is 3.76. The third kappa shape index (κ3) is 4.03. The van der Waals surface area contributed by atoms with Gasteiger partial charge in [-0.05, 0) is 25.1 Å². The number of pyridine rings is 1. The SMILES string of the molecule is C[C@H]1[C@@H](c2ccc(F)c(F)c2O)[C@@H](C(=O)N=c2ccn(O)c(C(N)=O)c2)O[C@]1(C)C(F)(F)F. The van der Waals surface area contributed by atoms with Crippen LogP contribution in [0, 0.1) is 17.6 Å². The molecule has 8 nitrogen and oxygen atoms in total. The number of nitrogens with zero attached hydrogens (tertiary/aromatic N) is 2.